The van der Waals surface area contributed by atoms with Crippen molar-refractivity contribution in [1.29, 1.82) is 5.26 Å². The van der Waals surface area contributed by atoms with Crippen LogP contribution in [0.2, 0.25) is 0 Å². The summed E-state index contributed by atoms with van der Waals surface area (Å²) < 4.78 is 5.41. The number of nitriles is 1. The van der Waals surface area contributed by atoms with Gasteiger partial charge in [-0.3, -0.25) is 0 Å². The number of benzene rings is 1. The average Bonchev–Trinajstić information content (AvgIpc) is 2.78. The molecule has 1 aromatic heterocycles. The van der Waals surface area contributed by atoms with Crippen molar-refractivity contribution in [3.8, 4) is 22.4 Å². The molecule has 0 spiro atoms. The zero-order chi connectivity index (χ0) is 11.4. The Morgan fingerprint density at radius 3 is 3.06 bits per heavy atom. The number of aromatic nitrogens is 1. The summed E-state index contributed by atoms with van der Waals surface area (Å²) >= 11 is 1.38. The first-order chi connectivity index (χ1) is 7.83. The molecule has 0 aliphatic heterocycles. The van der Waals surface area contributed by atoms with Crippen molar-refractivity contribution >= 4 is 11.3 Å². The molecule has 0 N–H and O–H groups in total. The molecule has 0 bridgehead atoms. The standard InChI is InChI=1S/C12H10N2OS/c1-2-15-10-5-3-4-9(6-10)12-14-8-11(7-13)16-12/h3-6,8H,2H2,1H3. The lowest BCUT2D eigenvalue weighted by Gasteiger charge is -2.03. The zero-order valence-electron chi connectivity index (χ0n) is 8.80. The number of nitrogens with zero attached hydrogens (tertiary/aromatic N) is 2. The third-order valence-electron chi connectivity index (χ3n) is 2.01. The molecule has 0 saturated heterocycles. The van der Waals surface area contributed by atoms with Crippen molar-refractivity contribution in [2.75, 3.05) is 6.61 Å². The van der Waals surface area contributed by atoms with E-state index in [1.807, 2.05) is 31.2 Å². The Labute approximate surface area is 97.9 Å². The van der Waals surface area contributed by atoms with Crippen LogP contribution in [0.4, 0.5) is 0 Å². The van der Waals surface area contributed by atoms with Gasteiger partial charge in [-0.1, -0.05) is 12.1 Å². The van der Waals surface area contributed by atoms with E-state index in [9.17, 15) is 0 Å². The van der Waals surface area contributed by atoms with E-state index < -0.39 is 0 Å². The van der Waals surface area contributed by atoms with Gasteiger partial charge in [-0.2, -0.15) is 5.26 Å². The van der Waals surface area contributed by atoms with E-state index in [0.717, 1.165) is 16.3 Å². The Kier molecular flexibility index (Phi) is 3.18. The van der Waals surface area contributed by atoms with Gasteiger partial charge in [0.15, 0.2) is 0 Å². The van der Waals surface area contributed by atoms with Gasteiger partial charge in [0.25, 0.3) is 0 Å². The Hall–Kier alpha value is -1.86. The topological polar surface area (TPSA) is 45.9 Å². The first kappa shape index (κ1) is 10.7. The van der Waals surface area contributed by atoms with E-state index in [4.69, 9.17) is 10.00 Å². The smallest absolute Gasteiger partial charge is 0.125 e. The van der Waals surface area contributed by atoms with Crippen LogP contribution < -0.4 is 4.74 Å². The molecule has 0 saturated carbocycles. The highest BCUT2D eigenvalue weighted by atomic mass is 32.1. The minimum Gasteiger partial charge on any atom is -0.494 e. The minimum atomic E-state index is 0.622. The predicted octanol–water partition coefficient (Wildman–Crippen LogP) is 3.08. The van der Waals surface area contributed by atoms with Crippen molar-refractivity contribution < 1.29 is 4.74 Å². The van der Waals surface area contributed by atoms with Crippen LogP contribution in [0.15, 0.2) is 30.5 Å². The van der Waals surface area contributed by atoms with Crippen molar-refractivity contribution in [3.05, 3.63) is 35.3 Å². The first-order valence-electron chi connectivity index (χ1n) is 4.92. The van der Waals surface area contributed by atoms with Crippen molar-refractivity contribution in [1.82, 2.24) is 4.98 Å². The fourth-order valence-electron chi connectivity index (χ4n) is 1.34. The van der Waals surface area contributed by atoms with Gasteiger partial charge in [0.1, 0.15) is 21.7 Å². The van der Waals surface area contributed by atoms with Crippen LogP contribution in [-0.2, 0) is 0 Å². The highest BCUT2D eigenvalue weighted by Crippen LogP contribution is 2.27. The fraction of sp³-hybridized carbons (Fsp3) is 0.167. The van der Waals surface area contributed by atoms with Crippen LogP contribution in [0, 0.1) is 11.3 Å². The maximum absolute atomic E-state index is 8.73. The molecule has 0 unspecified atom stereocenters. The quantitative estimate of drug-likeness (QED) is 0.814. The van der Waals surface area contributed by atoms with Crippen LogP contribution in [0.3, 0.4) is 0 Å². The summed E-state index contributed by atoms with van der Waals surface area (Å²) in [5.41, 5.74) is 0.984. The summed E-state index contributed by atoms with van der Waals surface area (Å²) in [6, 6.07) is 9.81. The molecule has 3 nitrogen and oxygen atoms in total. The SMILES string of the molecule is CCOc1cccc(-c2ncc(C#N)s2)c1. The van der Waals surface area contributed by atoms with E-state index in [-0.39, 0.29) is 0 Å². The van der Waals surface area contributed by atoms with E-state index in [0.29, 0.717) is 11.5 Å². The molecule has 0 fully saturated rings. The van der Waals surface area contributed by atoms with Gasteiger partial charge < -0.3 is 4.74 Å². The normalized spacial score (nSPS) is 9.75. The summed E-state index contributed by atoms with van der Waals surface area (Å²) in [4.78, 5) is 4.82. The number of hydrogen-bond donors (Lipinski definition) is 0. The highest BCUT2D eigenvalue weighted by Gasteiger charge is 2.05. The fourth-order valence-corrected chi connectivity index (χ4v) is 2.05. The van der Waals surface area contributed by atoms with E-state index >= 15 is 0 Å². The first-order valence-corrected chi connectivity index (χ1v) is 5.74. The van der Waals surface area contributed by atoms with Crippen molar-refractivity contribution in [3.63, 3.8) is 0 Å². The molecular weight excluding hydrogens is 220 g/mol. The third kappa shape index (κ3) is 2.20. The Balaban J connectivity index is 2.33. The van der Waals surface area contributed by atoms with Crippen LogP contribution in [0.25, 0.3) is 10.6 Å². The summed E-state index contributed by atoms with van der Waals surface area (Å²) in [7, 11) is 0. The lowest BCUT2D eigenvalue weighted by Crippen LogP contribution is -1.90. The maximum Gasteiger partial charge on any atom is 0.125 e. The summed E-state index contributed by atoms with van der Waals surface area (Å²) in [5, 5.41) is 9.58. The minimum absolute atomic E-state index is 0.622. The summed E-state index contributed by atoms with van der Waals surface area (Å²) in [5.74, 6) is 0.828. The molecule has 0 aliphatic carbocycles. The molecule has 1 aromatic carbocycles. The van der Waals surface area contributed by atoms with Gasteiger partial charge in [-0.05, 0) is 19.1 Å². The lowest BCUT2D eigenvalue weighted by atomic mass is 10.2. The Bertz CT molecular complexity index is 528. The van der Waals surface area contributed by atoms with Crippen LogP contribution in [0.1, 0.15) is 11.8 Å². The number of rotatable bonds is 3. The average molecular weight is 230 g/mol. The monoisotopic (exact) mass is 230 g/mol. The van der Waals surface area contributed by atoms with Crippen molar-refractivity contribution in [2.24, 2.45) is 0 Å². The van der Waals surface area contributed by atoms with Gasteiger partial charge in [0.05, 0.1) is 12.8 Å². The van der Waals surface area contributed by atoms with Crippen LogP contribution in [-0.4, -0.2) is 11.6 Å². The van der Waals surface area contributed by atoms with Crippen LogP contribution >= 0.6 is 11.3 Å². The second kappa shape index (κ2) is 4.77. The van der Waals surface area contributed by atoms with Crippen LogP contribution in [0.5, 0.6) is 5.75 Å². The molecule has 2 aromatic rings. The summed E-state index contributed by atoms with van der Waals surface area (Å²) in [6.07, 6.45) is 1.59. The van der Waals surface area contributed by atoms with E-state index in [1.54, 1.807) is 6.20 Å². The number of ether oxygens (including phenoxy) is 1. The van der Waals surface area contributed by atoms with Gasteiger partial charge in [0, 0.05) is 5.56 Å². The molecular formula is C12H10N2OS. The molecule has 1 heterocycles. The van der Waals surface area contributed by atoms with E-state index in [2.05, 4.69) is 11.1 Å². The highest BCUT2D eigenvalue weighted by molar-refractivity contribution is 7.15. The number of hydrogen-bond acceptors (Lipinski definition) is 4. The molecule has 4 heteroatoms. The number of thiazole rings is 1. The second-order valence-corrected chi connectivity index (χ2v) is 4.13. The van der Waals surface area contributed by atoms with Gasteiger partial charge in [-0.25, -0.2) is 4.98 Å². The third-order valence-corrected chi connectivity index (χ3v) is 2.96. The van der Waals surface area contributed by atoms with Gasteiger partial charge >= 0.3 is 0 Å². The predicted molar refractivity (Wildman–Crippen MR) is 63.4 cm³/mol. The zero-order valence-corrected chi connectivity index (χ0v) is 9.62. The summed E-state index contributed by atoms with van der Waals surface area (Å²) in [6.45, 7) is 2.59. The lowest BCUT2D eigenvalue weighted by molar-refractivity contribution is 0.340. The maximum atomic E-state index is 8.73. The Morgan fingerprint density at radius 2 is 2.38 bits per heavy atom. The van der Waals surface area contributed by atoms with Gasteiger partial charge in [0.2, 0.25) is 0 Å². The van der Waals surface area contributed by atoms with E-state index in [1.165, 1.54) is 11.3 Å². The molecule has 80 valence electrons. The molecule has 0 amide bonds. The second-order valence-electron chi connectivity index (χ2n) is 3.10. The molecule has 16 heavy (non-hydrogen) atoms. The molecule has 0 aliphatic rings. The molecule has 0 radical (unpaired) electrons. The molecule has 0 atom stereocenters. The molecule has 2 rings (SSSR count). The Morgan fingerprint density at radius 1 is 1.50 bits per heavy atom. The largest absolute Gasteiger partial charge is 0.494 e. The van der Waals surface area contributed by atoms with Gasteiger partial charge in [-0.15, -0.1) is 11.3 Å². The van der Waals surface area contributed by atoms with Crippen molar-refractivity contribution in [2.45, 2.75) is 6.92 Å².